The number of hydrogen-bond donors (Lipinski definition) is 2. The van der Waals surface area contributed by atoms with Crippen LogP contribution >= 0.6 is 0 Å². The van der Waals surface area contributed by atoms with Crippen LogP contribution in [0.5, 0.6) is 6.01 Å². The van der Waals surface area contributed by atoms with Crippen LogP contribution in [-0.4, -0.2) is 51.4 Å². The van der Waals surface area contributed by atoms with Gasteiger partial charge in [0.2, 0.25) is 0 Å². The van der Waals surface area contributed by atoms with Crippen LogP contribution in [0.1, 0.15) is 6.23 Å². The van der Waals surface area contributed by atoms with E-state index in [1.807, 2.05) is 0 Å². The van der Waals surface area contributed by atoms with E-state index in [2.05, 4.69) is 4.98 Å². The van der Waals surface area contributed by atoms with Gasteiger partial charge in [-0.2, -0.15) is 4.98 Å². The Kier molecular flexibility index (Phi) is 3.00. The maximum absolute atomic E-state index is 12.8. The van der Waals surface area contributed by atoms with E-state index in [9.17, 15) is 14.3 Å². The number of fused-ring (bicyclic) bond motifs is 3. The molecule has 3 rings (SSSR count). The maximum Gasteiger partial charge on any atom is 0.302 e. The SMILES string of the molecule is O=c1ccn2c(n1)O[C@H]1[C@H](O)C(C(CO)CF)O[C@H]12. The Labute approximate surface area is 107 Å². The van der Waals surface area contributed by atoms with Crippen LogP contribution in [0, 0.1) is 5.92 Å². The van der Waals surface area contributed by atoms with Crippen LogP contribution in [0.15, 0.2) is 17.1 Å². The molecule has 1 aromatic rings. The van der Waals surface area contributed by atoms with Crippen molar-refractivity contribution in [3.8, 4) is 6.01 Å². The van der Waals surface area contributed by atoms with Gasteiger partial charge in [0.25, 0.3) is 5.56 Å². The first-order valence-corrected chi connectivity index (χ1v) is 5.92. The van der Waals surface area contributed by atoms with E-state index in [0.717, 1.165) is 0 Å². The largest absolute Gasteiger partial charge is 0.453 e. The van der Waals surface area contributed by atoms with Crippen molar-refractivity contribution in [1.82, 2.24) is 9.55 Å². The van der Waals surface area contributed by atoms with Crippen LogP contribution in [0.3, 0.4) is 0 Å². The molecule has 0 aromatic carbocycles. The van der Waals surface area contributed by atoms with Crippen LogP contribution in [0.2, 0.25) is 0 Å². The first-order valence-electron chi connectivity index (χ1n) is 5.92. The summed E-state index contributed by atoms with van der Waals surface area (Å²) >= 11 is 0. The molecule has 3 heterocycles. The zero-order valence-corrected chi connectivity index (χ0v) is 9.85. The number of aliphatic hydroxyl groups is 2. The Hall–Kier alpha value is -1.51. The second-order valence-electron chi connectivity index (χ2n) is 4.62. The molecule has 1 fully saturated rings. The summed E-state index contributed by atoms with van der Waals surface area (Å²) in [6, 6.07) is 1.32. The van der Waals surface area contributed by atoms with Crippen LogP contribution in [0.25, 0.3) is 0 Å². The third kappa shape index (κ3) is 1.83. The molecule has 1 saturated heterocycles. The van der Waals surface area contributed by atoms with Crippen LogP contribution < -0.4 is 10.3 Å². The number of ether oxygens (including phenoxy) is 2. The number of aliphatic hydroxyl groups excluding tert-OH is 2. The standard InChI is InChI=1S/C11H13FN2O5/c12-3-5(4-15)8-7(17)9-10(18-8)14-2-1-6(16)13-11(14)19-9/h1-2,5,7-10,15,17H,3-4H2/t5?,7-,8?,9+,10-/m1/s1. The number of nitrogens with zero attached hydrogens (tertiary/aromatic N) is 2. The molecule has 0 bridgehead atoms. The van der Waals surface area contributed by atoms with Gasteiger partial charge in [-0.25, -0.2) is 0 Å². The third-order valence-electron chi connectivity index (χ3n) is 3.47. The van der Waals surface area contributed by atoms with Gasteiger partial charge in [0.15, 0.2) is 12.3 Å². The second kappa shape index (κ2) is 4.55. The molecule has 0 radical (unpaired) electrons. The molecule has 0 amide bonds. The predicted molar refractivity (Wildman–Crippen MR) is 59.4 cm³/mol. The smallest absolute Gasteiger partial charge is 0.302 e. The maximum atomic E-state index is 12.8. The summed E-state index contributed by atoms with van der Waals surface area (Å²) in [6.07, 6.45) is -1.90. The van der Waals surface area contributed by atoms with Gasteiger partial charge in [0.05, 0.1) is 19.4 Å². The highest BCUT2D eigenvalue weighted by Gasteiger charge is 2.53. The average molecular weight is 272 g/mol. The topological polar surface area (TPSA) is 93.8 Å². The van der Waals surface area contributed by atoms with Gasteiger partial charge < -0.3 is 19.7 Å². The molecule has 0 aliphatic carbocycles. The van der Waals surface area contributed by atoms with E-state index in [1.165, 1.54) is 16.8 Å². The third-order valence-corrected chi connectivity index (χ3v) is 3.47. The Bertz CT molecular complexity index is 532. The van der Waals surface area contributed by atoms with Gasteiger partial charge >= 0.3 is 6.01 Å². The molecule has 8 heteroatoms. The lowest BCUT2D eigenvalue weighted by atomic mass is 9.99. The molecule has 2 aliphatic heterocycles. The zero-order chi connectivity index (χ0) is 13.6. The highest BCUT2D eigenvalue weighted by molar-refractivity contribution is 5.11. The Morgan fingerprint density at radius 2 is 2.37 bits per heavy atom. The zero-order valence-electron chi connectivity index (χ0n) is 9.85. The highest BCUT2D eigenvalue weighted by atomic mass is 19.1. The molecule has 2 N–H and O–H groups in total. The first-order chi connectivity index (χ1) is 9.15. The van der Waals surface area contributed by atoms with Crippen LogP contribution in [0.4, 0.5) is 4.39 Å². The van der Waals surface area contributed by atoms with Crippen molar-refractivity contribution < 1.29 is 24.1 Å². The molecular weight excluding hydrogens is 259 g/mol. The van der Waals surface area contributed by atoms with E-state index >= 15 is 0 Å². The average Bonchev–Trinajstić information content (AvgIpc) is 2.89. The minimum atomic E-state index is -1.09. The fraction of sp³-hybridized carbons (Fsp3) is 0.636. The molecular formula is C11H13FN2O5. The van der Waals surface area contributed by atoms with Gasteiger partial charge in [-0.1, -0.05) is 0 Å². The van der Waals surface area contributed by atoms with Crippen molar-refractivity contribution in [2.75, 3.05) is 13.3 Å². The molecule has 0 spiro atoms. The number of rotatable bonds is 3. The lowest BCUT2D eigenvalue weighted by Gasteiger charge is -2.22. The van der Waals surface area contributed by atoms with E-state index in [1.54, 1.807) is 0 Å². The Morgan fingerprint density at radius 1 is 1.58 bits per heavy atom. The molecule has 104 valence electrons. The number of halogens is 1. The molecule has 2 unspecified atom stereocenters. The second-order valence-corrected chi connectivity index (χ2v) is 4.62. The number of aromatic nitrogens is 2. The summed E-state index contributed by atoms with van der Waals surface area (Å²) in [6.45, 7) is -1.22. The summed E-state index contributed by atoms with van der Waals surface area (Å²) < 4.78 is 25.1. The highest BCUT2D eigenvalue weighted by Crippen LogP contribution is 2.40. The fourth-order valence-electron chi connectivity index (χ4n) is 2.46. The summed E-state index contributed by atoms with van der Waals surface area (Å²) in [5.74, 6) is -0.806. The van der Waals surface area contributed by atoms with Crippen molar-refractivity contribution >= 4 is 0 Å². The number of hydrogen-bond acceptors (Lipinski definition) is 6. The van der Waals surface area contributed by atoms with Gasteiger partial charge in [-0.15, -0.1) is 0 Å². The van der Waals surface area contributed by atoms with Gasteiger partial charge in [0.1, 0.15) is 6.10 Å². The molecule has 1 aromatic heterocycles. The summed E-state index contributed by atoms with van der Waals surface area (Å²) in [5.41, 5.74) is -0.450. The van der Waals surface area contributed by atoms with E-state index in [4.69, 9.17) is 14.6 Å². The first kappa shape index (κ1) is 12.5. The summed E-state index contributed by atoms with van der Waals surface area (Å²) in [5, 5.41) is 19.2. The van der Waals surface area contributed by atoms with Gasteiger partial charge in [-0.3, -0.25) is 13.8 Å². The molecule has 7 nitrogen and oxygen atoms in total. The van der Waals surface area contributed by atoms with Gasteiger partial charge in [0, 0.05) is 18.2 Å². The van der Waals surface area contributed by atoms with Crippen molar-refractivity contribution in [2.24, 2.45) is 5.92 Å². The van der Waals surface area contributed by atoms with Crippen molar-refractivity contribution in [3.05, 3.63) is 22.6 Å². The summed E-state index contributed by atoms with van der Waals surface area (Å²) in [7, 11) is 0. The van der Waals surface area contributed by atoms with Crippen molar-refractivity contribution in [1.29, 1.82) is 0 Å². The lowest BCUT2D eigenvalue weighted by molar-refractivity contribution is -0.0647. The normalized spacial score (nSPS) is 33.6. The molecule has 19 heavy (non-hydrogen) atoms. The van der Waals surface area contributed by atoms with E-state index < -0.39 is 49.3 Å². The van der Waals surface area contributed by atoms with Crippen LogP contribution in [-0.2, 0) is 4.74 Å². The summed E-state index contributed by atoms with van der Waals surface area (Å²) in [4.78, 5) is 14.8. The monoisotopic (exact) mass is 272 g/mol. The lowest BCUT2D eigenvalue weighted by Crippen LogP contribution is -2.39. The molecule has 0 saturated carbocycles. The minimum absolute atomic E-state index is 0.0702. The predicted octanol–water partition coefficient (Wildman–Crippen LogP) is -1.16. The Balaban J connectivity index is 1.88. The van der Waals surface area contributed by atoms with Crippen molar-refractivity contribution in [3.63, 3.8) is 0 Å². The minimum Gasteiger partial charge on any atom is -0.453 e. The number of alkyl halides is 1. The van der Waals surface area contributed by atoms with E-state index in [0.29, 0.717) is 0 Å². The molecule has 5 atom stereocenters. The van der Waals surface area contributed by atoms with Crippen molar-refractivity contribution in [2.45, 2.75) is 24.5 Å². The fourth-order valence-corrected chi connectivity index (χ4v) is 2.46. The Morgan fingerprint density at radius 3 is 3.05 bits per heavy atom. The quantitative estimate of drug-likeness (QED) is 0.721. The van der Waals surface area contributed by atoms with Gasteiger partial charge in [-0.05, 0) is 0 Å². The van der Waals surface area contributed by atoms with E-state index in [-0.39, 0.29) is 6.01 Å². The molecule has 2 aliphatic rings.